The molecule has 0 saturated carbocycles. The van der Waals surface area contributed by atoms with Crippen molar-refractivity contribution in [2.75, 3.05) is 0 Å². The topological polar surface area (TPSA) is 82.1 Å². The van der Waals surface area contributed by atoms with E-state index in [9.17, 15) is 14.7 Å². The third-order valence-electron chi connectivity index (χ3n) is 7.30. The molecule has 0 unspecified atom stereocenters. The van der Waals surface area contributed by atoms with E-state index in [1.807, 2.05) is 40.7 Å². The molecule has 1 N–H and O–H groups in total. The minimum Gasteiger partial charge on any atom is -0.430 e. The van der Waals surface area contributed by atoms with Crippen molar-refractivity contribution < 1.29 is 28.9 Å². The molecule has 6 nitrogen and oxygen atoms in total. The third kappa shape index (κ3) is 3.11. The highest BCUT2D eigenvalue weighted by atomic mass is 16.6. The van der Waals surface area contributed by atoms with Crippen LogP contribution in [0.3, 0.4) is 0 Å². The van der Waals surface area contributed by atoms with Gasteiger partial charge in [0.05, 0.1) is 23.5 Å². The molecular formula is C23H32O6. The van der Waals surface area contributed by atoms with E-state index in [1.54, 1.807) is 0 Å². The number of allylic oxidation sites excluding steroid dienone is 2. The van der Waals surface area contributed by atoms with Crippen LogP contribution in [-0.4, -0.2) is 40.5 Å². The number of ketones is 1. The summed E-state index contributed by atoms with van der Waals surface area (Å²) in [5.41, 5.74) is 1.31. The van der Waals surface area contributed by atoms with Gasteiger partial charge in [-0.05, 0) is 64.0 Å². The lowest BCUT2D eigenvalue weighted by Crippen LogP contribution is -2.36. The van der Waals surface area contributed by atoms with Gasteiger partial charge >= 0.3 is 5.97 Å². The van der Waals surface area contributed by atoms with Crippen molar-refractivity contribution in [1.82, 2.24) is 0 Å². The molecule has 7 atom stereocenters. The van der Waals surface area contributed by atoms with E-state index in [2.05, 4.69) is 0 Å². The number of rotatable bonds is 1. The second kappa shape index (κ2) is 6.76. The van der Waals surface area contributed by atoms with Crippen molar-refractivity contribution in [3.05, 3.63) is 23.0 Å². The Balaban J connectivity index is 1.77. The maximum Gasteiger partial charge on any atom is 0.320 e. The fraction of sp³-hybridized carbons (Fsp3) is 0.739. The molecule has 0 radical (unpaired) electrons. The molecule has 0 aromatic rings. The van der Waals surface area contributed by atoms with Crippen LogP contribution in [0.25, 0.3) is 0 Å². The van der Waals surface area contributed by atoms with E-state index < -0.39 is 29.4 Å². The molecule has 4 aliphatic rings. The number of aliphatic hydroxyl groups is 1. The van der Waals surface area contributed by atoms with Gasteiger partial charge in [-0.1, -0.05) is 19.9 Å². The van der Waals surface area contributed by atoms with E-state index in [4.69, 9.17) is 14.2 Å². The molecule has 0 amide bonds. The summed E-state index contributed by atoms with van der Waals surface area (Å²) in [5, 5.41) is 10.7. The summed E-state index contributed by atoms with van der Waals surface area (Å²) >= 11 is 0. The zero-order valence-electron chi connectivity index (χ0n) is 18.2. The van der Waals surface area contributed by atoms with E-state index in [0.29, 0.717) is 25.0 Å². The summed E-state index contributed by atoms with van der Waals surface area (Å²) in [6.45, 7) is 11.5. The summed E-state index contributed by atoms with van der Waals surface area (Å²) in [6, 6.07) is 0. The normalized spacial score (nSPS) is 46.9. The molecule has 1 aliphatic carbocycles. The van der Waals surface area contributed by atoms with E-state index >= 15 is 0 Å². The molecule has 6 heteroatoms. The molecule has 3 fully saturated rings. The van der Waals surface area contributed by atoms with Crippen LogP contribution in [0.1, 0.15) is 60.8 Å². The van der Waals surface area contributed by atoms with Crippen molar-refractivity contribution >= 4 is 11.8 Å². The average Bonchev–Trinajstić information content (AvgIpc) is 3.21. The Kier molecular flexibility index (Phi) is 4.84. The van der Waals surface area contributed by atoms with Crippen LogP contribution >= 0.6 is 0 Å². The van der Waals surface area contributed by atoms with Gasteiger partial charge < -0.3 is 19.3 Å². The summed E-state index contributed by atoms with van der Waals surface area (Å²) in [5.74, 6) is -2.39. The SMILES string of the molecule is CC1=C2OC(=O)[C@H]3[C@@H]2[C@H](O[C@@]3(C)O)/C(C)=C\C[C@@H]2C(=O)[C@@H](C(C)C)O[C@]2(C)CC1. The number of Topliss-reactive ketones (excluding diaryl/α,β-unsaturated/α-hetero) is 1. The predicted molar refractivity (Wildman–Crippen MR) is 105 cm³/mol. The van der Waals surface area contributed by atoms with E-state index in [0.717, 1.165) is 11.1 Å². The largest absolute Gasteiger partial charge is 0.430 e. The van der Waals surface area contributed by atoms with Crippen LogP contribution in [0.2, 0.25) is 0 Å². The lowest BCUT2D eigenvalue weighted by molar-refractivity contribution is -0.200. The first-order valence-corrected chi connectivity index (χ1v) is 10.7. The van der Waals surface area contributed by atoms with Crippen LogP contribution in [0.5, 0.6) is 0 Å². The molecular weight excluding hydrogens is 372 g/mol. The fourth-order valence-corrected chi connectivity index (χ4v) is 5.52. The highest BCUT2D eigenvalue weighted by Crippen LogP contribution is 2.52. The second-order valence-electron chi connectivity index (χ2n) is 9.90. The van der Waals surface area contributed by atoms with E-state index in [-0.39, 0.29) is 29.6 Å². The number of carbonyl (C=O) groups is 2. The summed E-state index contributed by atoms with van der Waals surface area (Å²) in [4.78, 5) is 25.7. The molecule has 160 valence electrons. The van der Waals surface area contributed by atoms with Gasteiger partial charge in [0.25, 0.3) is 0 Å². The van der Waals surface area contributed by atoms with Gasteiger partial charge in [0, 0.05) is 0 Å². The average molecular weight is 405 g/mol. The Labute approximate surface area is 172 Å². The Morgan fingerprint density at radius 3 is 2.52 bits per heavy atom. The molecule has 0 aromatic heterocycles. The highest BCUT2D eigenvalue weighted by Gasteiger charge is 2.62. The maximum atomic E-state index is 13.1. The molecule has 3 aliphatic heterocycles. The van der Waals surface area contributed by atoms with Gasteiger partial charge in [-0.25, -0.2) is 0 Å². The number of ether oxygens (including phenoxy) is 3. The Hall–Kier alpha value is -1.50. The monoisotopic (exact) mass is 404 g/mol. The minimum atomic E-state index is -1.57. The molecule has 0 bridgehead atoms. The number of hydrogen-bond acceptors (Lipinski definition) is 6. The van der Waals surface area contributed by atoms with Crippen LogP contribution in [-0.2, 0) is 23.8 Å². The van der Waals surface area contributed by atoms with Crippen molar-refractivity contribution in [2.24, 2.45) is 23.7 Å². The highest BCUT2D eigenvalue weighted by molar-refractivity contribution is 5.89. The first kappa shape index (κ1) is 20.8. The Morgan fingerprint density at radius 1 is 1.17 bits per heavy atom. The van der Waals surface area contributed by atoms with Gasteiger partial charge in [-0.3, -0.25) is 9.59 Å². The predicted octanol–water partition coefficient (Wildman–Crippen LogP) is 3.29. The van der Waals surface area contributed by atoms with Gasteiger partial charge in [-0.15, -0.1) is 0 Å². The Morgan fingerprint density at radius 2 is 1.86 bits per heavy atom. The molecule has 0 spiro atoms. The van der Waals surface area contributed by atoms with Crippen molar-refractivity contribution in [3.8, 4) is 0 Å². The Bertz CT molecular complexity index is 806. The lowest BCUT2D eigenvalue weighted by Gasteiger charge is -2.30. The van der Waals surface area contributed by atoms with Crippen LogP contribution in [0, 0.1) is 23.7 Å². The fourth-order valence-electron chi connectivity index (χ4n) is 5.52. The number of fused-ring (bicyclic) bond motifs is 1. The summed E-state index contributed by atoms with van der Waals surface area (Å²) in [6.07, 6.45) is 3.08. The second-order valence-corrected chi connectivity index (χ2v) is 9.90. The van der Waals surface area contributed by atoms with Crippen molar-refractivity contribution in [2.45, 2.75) is 84.4 Å². The molecule has 0 aromatic carbocycles. The summed E-state index contributed by atoms with van der Waals surface area (Å²) in [7, 11) is 0. The first-order chi connectivity index (χ1) is 13.5. The zero-order chi connectivity index (χ0) is 21.3. The number of esters is 1. The third-order valence-corrected chi connectivity index (χ3v) is 7.30. The van der Waals surface area contributed by atoms with Gasteiger partial charge in [0.1, 0.15) is 17.8 Å². The van der Waals surface area contributed by atoms with Crippen LogP contribution in [0.4, 0.5) is 0 Å². The lowest BCUT2D eigenvalue weighted by atomic mass is 9.80. The van der Waals surface area contributed by atoms with Crippen LogP contribution < -0.4 is 0 Å². The van der Waals surface area contributed by atoms with Gasteiger partial charge in [0.2, 0.25) is 0 Å². The van der Waals surface area contributed by atoms with Crippen LogP contribution in [0.15, 0.2) is 23.0 Å². The standard InChI is InChI=1S/C23H32O6/c1-11(2)18-17(24)14-8-7-12(3)20-15-16(23(6,26)29-20)21(25)27-19(15)13(4)9-10-22(14,5)28-18/h7,11,14-16,18,20,26H,8-10H2,1-6H3/b12-7-,19-13?/t14-,15+,16-,18-,20-,22-,23-/m1/s1. The van der Waals surface area contributed by atoms with Crippen molar-refractivity contribution in [1.29, 1.82) is 0 Å². The quantitative estimate of drug-likeness (QED) is 0.533. The minimum absolute atomic E-state index is 0.124. The first-order valence-electron chi connectivity index (χ1n) is 10.7. The molecule has 3 heterocycles. The molecule has 3 saturated heterocycles. The zero-order valence-corrected chi connectivity index (χ0v) is 18.2. The molecule has 29 heavy (non-hydrogen) atoms. The maximum absolute atomic E-state index is 13.1. The van der Waals surface area contributed by atoms with Gasteiger partial charge in [-0.2, -0.15) is 0 Å². The smallest absolute Gasteiger partial charge is 0.320 e. The van der Waals surface area contributed by atoms with E-state index in [1.165, 1.54) is 6.92 Å². The molecule has 4 rings (SSSR count). The number of hydrogen-bond donors (Lipinski definition) is 1. The number of carbonyl (C=O) groups excluding carboxylic acids is 2. The van der Waals surface area contributed by atoms with Crippen molar-refractivity contribution in [3.63, 3.8) is 0 Å². The summed E-state index contributed by atoms with van der Waals surface area (Å²) < 4.78 is 17.9. The van der Waals surface area contributed by atoms with Gasteiger partial charge in [0.15, 0.2) is 11.6 Å².